The van der Waals surface area contributed by atoms with Crippen molar-refractivity contribution in [3.05, 3.63) is 57.2 Å². The summed E-state index contributed by atoms with van der Waals surface area (Å²) < 4.78 is 1.58. The molecule has 0 saturated heterocycles. The van der Waals surface area contributed by atoms with Crippen LogP contribution in [0.5, 0.6) is 0 Å². The van der Waals surface area contributed by atoms with Gasteiger partial charge in [-0.1, -0.05) is 0 Å². The lowest BCUT2D eigenvalue weighted by Gasteiger charge is -2.24. The van der Waals surface area contributed by atoms with Crippen molar-refractivity contribution in [3.63, 3.8) is 0 Å². The number of aromatic nitrogens is 4. The summed E-state index contributed by atoms with van der Waals surface area (Å²) in [5.74, 6) is 1.61. The van der Waals surface area contributed by atoms with Crippen molar-refractivity contribution >= 4 is 40.1 Å². The summed E-state index contributed by atoms with van der Waals surface area (Å²) in [5.41, 5.74) is -0.364. The molecule has 0 spiro atoms. The summed E-state index contributed by atoms with van der Waals surface area (Å²) in [7, 11) is 0. The van der Waals surface area contributed by atoms with Gasteiger partial charge in [0, 0.05) is 19.2 Å². The van der Waals surface area contributed by atoms with Crippen LogP contribution in [0.15, 0.2) is 46.0 Å². The summed E-state index contributed by atoms with van der Waals surface area (Å²) >= 11 is 3.09. The zero-order valence-corrected chi connectivity index (χ0v) is 17.7. The maximum absolute atomic E-state index is 10.8. The van der Waals surface area contributed by atoms with Gasteiger partial charge in [0.15, 0.2) is 0 Å². The normalized spacial score (nSPS) is 15.7. The zero-order valence-electron chi connectivity index (χ0n) is 16.0. The summed E-state index contributed by atoms with van der Waals surface area (Å²) in [5, 5.41) is 39.9. The molecule has 0 aliphatic rings. The minimum absolute atomic E-state index is 0.285. The van der Waals surface area contributed by atoms with E-state index in [1.54, 1.807) is 47.1 Å². The number of nitrogens with one attached hydrogen (secondary N) is 2. The predicted molar refractivity (Wildman–Crippen MR) is 116 cm³/mol. The van der Waals surface area contributed by atoms with Crippen molar-refractivity contribution in [3.8, 4) is 0 Å². The van der Waals surface area contributed by atoms with Crippen LogP contribution in [0.2, 0.25) is 0 Å². The van der Waals surface area contributed by atoms with E-state index in [1.165, 1.54) is 6.33 Å². The molecule has 4 heterocycles. The molecule has 29 heavy (non-hydrogen) atoms. The molecule has 0 bridgehead atoms. The Balaban J connectivity index is 1.53. The van der Waals surface area contributed by atoms with Crippen LogP contribution in [-0.2, 0) is 11.2 Å². The smallest absolute Gasteiger partial charge is 0.256 e. The molecule has 0 aromatic carbocycles. The van der Waals surface area contributed by atoms with E-state index in [-0.39, 0.29) is 13.1 Å². The number of anilines is 2. The molecule has 4 aromatic heterocycles. The Labute approximate surface area is 175 Å². The number of aliphatic hydroxyl groups is 2. The van der Waals surface area contributed by atoms with Crippen molar-refractivity contribution in [2.75, 3.05) is 23.7 Å². The van der Waals surface area contributed by atoms with E-state index in [0.29, 0.717) is 17.4 Å². The van der Waals surface area contributed by atoms with Gasteiger partial charge in [-0.05, 0) is 58.6 Å². The molecule has 0 aliphatic carbocycles. The van der Waals surface area contributed by atoms with Gasteiger partial charge in [-0.3, -0.25) is 0 Å². The third-order valence-corrected chi connectivity index (χ3v) is 6.13. The Morgan fingerprint density at radius 3 is 2.21 bits per heavy atom. The number of rotatable bonds is 8. The van der Waals surface area contributed by atoms with E-state index in [1.807, 2.05) is 33.7 Å². The van der Waals surface area contributed by atoms with Gasteiger partial charge < -0.3 is 20.8 Å². The molecule has 8 nitrogen and oxygen atoms in total. The fourth-order valence-corrected chi connectivity index (χ4v) is 4.47. The second-order valence-corrected chi connectivity index (χ2v) is 8.84. The lowest BCUT2D eigenvalue weighted by Crippen LogP contribution is -2.31. The highest BCUT2D eigenvalue weighted by Crippen LogP contribution is 2.26. The highest BCUT2D eigenvalue weighted by atomic mass is 32.1. The molecule has 0 unspecified atom stereocenters. The van der Waals surface area contributed by atoms with E-state index >= 15 is 0 Å². The first-order valence-corrected chi connectivity index (χ1v) is 10.9. The Bertz CT molecular complexity index is 1070. The van der Waals surface area contributed by atoms with Crippen LogP contribution < -0.4 is 10.6 Å². The number of nitrogens with zero attached hydrogens (tertiary/aromatic N) is 4. The molecular formula is C19H22N6O2S2. The molecule has 4 rings (SSSR count). The monoisotopic (exact) mass is 430 g/mol. The van der Waals surface area contributed by atoms with Crippen molar-refractivity contribution in [1.82, 2.24) is 19.6 Å². The third-order valence-electron chi connectivity index (χ3n) is 4.77. The first kappa shape index (κ1) is 19.8. The van der Waals surface area contributed by atoms with Crippen LogP contribution >= 0.6 is 22.7 Å². The lowest BCUT2D eigenvalue weighted by atomic mass is 9.99. The van der Waals surface area contributed by atoms with Crippen LogP contribution in [0.4, 0.5) is 11.6 Å². The van der Waals surface area contributed by atoms with Crippen molar-refractivity contribution in [2.24, 2.45) is 0 Å². The molecule has 0 saturated carbocycles. The van der Waals surface area contributed by atoms with Crippen molar-refractivity contribution in [1.29, 1.82) is 0 Å². The molecule has 0 fully saturated rings. The average Bonchev–Trinajstić information content (AvgIpc) is 3.46. The van der Waals surface area contributed by atoms with Gasteiger partial charge in [-0.2, -0.15) is 42.3 Å². The largest absolute Gasteiger partial charge is 0.384 e. The SMILES string of the molecule is C[C@](O)(CNc1cc(NC[C@](C)(O)c2ccsc2)n2ncnc2n1)c1ccsc1. The van der Waals surface area contributed by atoms with Gasteiger partial charge in [0.2, 0.25) is 0 Å². The van der Waals surface area contributed by atoms with E-state index in [2.05, 4.69) is 25.7 Å². The molecule has 152 valence electrons. The molecular weight excluding hydrogens is 408 g/mol. The Morgan fingerprint density at radius 1 is 1.00 bits per heavy atom. The van der Waals surface area contributed by atoms with Crippen LogP contribution in [0.3, 0.4) is 0 Å². The highest BCUT2D eigenvalue weighted by molar-refractivity contribution is 7.08. The van der Waals surface area contributed by atoms with Gasteiger partial charge in [0.1, 0.15) is 29.2 Å². The average molecular weight is 431 g/mol. The topological polar surface area (TPSA) is 108 Å². The maximum Gasteiger partial charge on any atom is 0.256 e. The van der Waals surface area contributed by atoms with E-state index < -0.39 is 11.2 Å². The summed E-state index contributed by atoms with van der Waals surface area (Å²) in [6, 6.07) is 5.60. The van der Waals surface area contributed by atoms with Gasteiger partial charge >= 0.3 is 0 Å². The molecule has 2 atom stereocenters. The van der Waals surface area contributed by atoms with Crippen LogP contribution in [-0.4, -0.2) is 42.9 Å². The Morgan fingerprint density at radius 2 is 1.62 bits per heavy atom. The summed E-state index contributed by atoms with van der Waals surface area (Å²) in [6.45, 7) is 4.09. The highest BCUT2D eigenvalue weighted by Gasteiger charge is 2.25. The van der Waals surface area contributed by atoms with Gasteiger partial charge in [-0.15, -0.1) is 0 Å². The first-order chi connectivity index (χ1) is 13.9. The molecule has 0 aliphatic heterocycles. The van der Waals surface area contributed by atoms with E-state index in [9.17, 15) is 10.2 Å². The minimum atomic E-state index is -1.04. The summed E-state index contributed by atoms with van der Waals surface area (Å²) in [4.78, 5) is 8.61. The van der Waals surface area contributed by atoms with Gasteiger partial charge in [-0.25, -0.2) is 0 Å². The van der Waals surface area contributed by atoms with E-state index in [0.717, 1.165) is 11.1 Å². The van der Waals surface area contributed by atoms with Crippen LogP contribution in [0.25, 0.3) is 5.78 Å². The lowest BCUT2D eigenvalue weighted by molar-refractivity contribution is 0.0716. The first-order valence-electron chi connectivity index (χ1n) is 9.04. The Kier molecular flexibility index (Phi) is 5.26. The second-order valence-electron chi connectivity index (χ2n) is 7.28. The minimum Gasteiger partial charge on any atom is -0.384 e. The molecule has 0 radical (unpaired) electrons. The van der Waals surface area contributed by atoms with E-state index in [4.69, 9.17) is 0 Å². The predicted octanol–water partition coefficient (Wildman–Crippen LogP) is 2.89. The fraction of sp³-hybridized carbons (Fsp3) is 0.316. The number of hydrogen-bond donors (Lipinski definition) is 4. The van der Waals surface area contributed by atoms with Gasteiger partial charge in [0.25, 0.3) is 5.78 Å². The summed E-state index contributed by atoms with van der Waals surface area (Å²) in [6.07, 6.45) is 1.43. The standard InChI is InChI=1S/C19H22N6O2S2/c1-18(26,13-3-5-28-8-13)10-20-15-7-16(25-17(24-15)22-12-23-25)21-11-19(2,27)14-4-6-29-9-14/h3-9,12,21,26-27H,10-11H2,1-2H3,(H,20,22,23,24)/t18-,19-/m0/s1. The molecule has 10 heteroatoms. The van der Waals surface area contributed by atoms with Crippen molar-refractivity contribution in [2.45, 2.75) is 25.0 Å². The molecule has 4 aromatic rings. The van der Waals surface area contributed by atoms with Gasteiger partial charge in [0.05, 0.1) is 0 Å². The van der Waals surface area contributed by atoms with Crippen LogP contribution in [0, 0.1) is 0 Å². The number of thiophene rings is 2. The molecule has 0 amide bonds. The second kappa shape index (κ2) is 7.71. The number of fused-ring (bicyclic) bond motifs is 1. The third kappa shape index (κ3) is 4.25. The zero-order chi connectivity index (χ0) is 20.5. The number of hydrogen-bond acceptors (Lipinski definition) is 9. The Hall–Kier alpha value is -2.53. The maximum atomic E-state index is 10.8. The fourth-order valence-electron chi connectivity index (χ4n) is 2.90. The quantitative estimate of drug-likeness (QED) is 0.340. The molecule has 4 N–H and O–H groups in total. The van der Waals surface area contributed by atoms with Crippen LogP contribution in [0.1, 0.15) is 25.0 Å². The van der Waals surface area contributed by atoms with Crippen molar-refractivity contribution < 1.29 is 10.2 Å².